The Hall–Kier alpha value is -2.50. The highest BCUT2D eigenvalue weighted by atomic mass is 19.4. The number of hydrogen-bond acceptors (Lipinski definition) is 2. The molecule has 0 bridgehead atoms. The number of nitrogens with zero attached hydrogens (tertiary/aromatic N) is 1. The highest BCUT2D eigenvalue weighted by Crippen LogP contribution is 2.32. The molecule has 0 N–H and O–H groups in total. The fourth-order valence-corrected chi connectivity index (χ4v) is 1.84. The van der Waals surface area contributed by atoms with Crippen LogP contribution in [-0.4, -0.2) is 19.2 Å². The third-order valence-corrected chi connectivity index (χ3v) is 2.77. The lowest BCUT2D eigenvalue weighted by atomic mass is 10.2. The monoisotopic (exact) mass is 295 g/mol. The average molecular weight is 295 g/mol. The van der Waals surface area contributed by atoms with Gasteiger partial charge in [0.05, 0.1) is 12.8 Å². The normalized spacial score (nSPS) is 11.0. The van der Waals surface area contributed by atoms with E-state index in [-0.39, 0.29) is 11.4 Å². The summed E-state index contributed by atoms with van der Waals surface area (Å²) in [6, 6.07) is 13.5. The van der Waals surface area contributed by atoms with Gasteiger partial charge < -0.3 is 4.74 Å². The van der Waals surface area contributed by atoms with Crippen molar-refractivity contribution in [3.63, 3.8) is 0 Å². The summed E-state index contributed by atoms with van der Waals surface area (Å²) in [6.07, 6.45) is -4.97. The number of carbonyl (C=O) groups excluding carboxylic acids is 1. The molecule has 2 aromatic carbocycles. The lowest BCUT2D eigenvalue weighted by Crippen LogP contribution is -2.38. The molecule has 0 fully saturated rings. The maximum Gasteiger partial charge on any atom is 0.472 e. The van der Waals surface area contributed by atoms with Crippen molar-refractivity contribution in [1.29, 1.82) is 0 Å². The highest BCUT2D eigenvalue weighted by Gasteiger charge is 2.43. The van der Waals surface area contributed by atoms with Crippen LogP contribution in [0.3, 0.4) is 0 Å². The first kappa shape index (κ1) is 14.9. The van der Waals surface area contributed by atoms with E-state index in [1.807, 2.05) is 0 Å². The first-order valence-corrected chi connectivity index (χ1v) is 6.04. The lowest BCUT2D eigenvalue weighted by molar-refractivity contribution is -0.169. The number of amides is 1. The van der Waals surface area contributed by atoms with Gasteiger partial charge in [0.25, 0.3) is 0 Å². The van der Waals surface area contributed by atoms with E-state index in [1.165, 1.54) is 37.4 Å². The van der Waals surface area contributed by atoms with E-state index in [9.17, 15) is 18.0 Å². The maximum absolute atomic E-state index is 12.8. The van der Waals surface area contributed by atoms with Crippen LogP contribution in [0.1, 0.15) is 0 Å². The van der Waals surface area contributed by atoms with Crippen LogP contribution in [-0.2, 0) is 4.79 Å². The van der Waals surface area contributed by atoms with E-state index in [0.29, 0.717) is 10.6 Å². The van der Waals surface area contributed by atoms with Gasteiger partial charge in [0.2, 0.25) is 0 Å². The maximum atomic E-state index is 12.8. The molecule has 0 unspecified atom stereocenters. The second-order valence-electron chi connectivity index (χ2n) is 4.18. The Morgan fingerprint density at radius 3 is 2.19 bits per heavy atom. The van der Waals surface area contributed by atoms with Gasteiger partial charge in [-0.3, -0.25) is 9.69 Å². The third-order valence-electron chi connectivity index (χ3n) is 2.77. The van der Waals surface area contributed by atoms with Crippen LogP contribution in [0, 0.1) is 0 Å². The Bertz CT molecular complexity index is 626. The second kappa shape index (κ2) is 5.87. The van der Waals surface area contributed by atoms with Crippen LogP contribution < -0.4 is 9.64 Å². The molecule has 0 heterocycles. The number of halogens is 3. The summed E-state index contributed by atoms with van der Waals surface area (Å²) in [4.78, 5) is 12.3. The standard InChI is InChI=1S/C15H12F3NO2/c1-21-13-9-5-8-12(10-13)19(14(20)15(16,17)18)11-6-3-2-4-7-11/h2-10H,1H3. The van der Waals surface area contributed by atoms with Gasteiger partial charge in [-0.15, -0.1) is 0 Å². The molecule has 0 aliphatic heterocycles. The molecule has 0 radical (unpaired) electrons. The number of methoxy groups -OCH3 is 1. The van der Waals surface area contributed by atoms with E-state index < -0.39 is 12.1 Å². The largest absolute Gasteiger partial charge is 0.497 e. The van der Waals surface area contributed by atoms with Crippen molar-refractivity contribution in [1.82, 2.24) is 0 Å². The number of rotatable bonds is 3. The van der Waals surface area contributed by atoms with E-state index in [2.05, 4.69) is 0 Å². The minimum atomic E-state index is -4.97. The number of para-hydroxylation sites is 1. The molecule has 0 atom stereocenters. The van der Waals surface area contributed by atoms with E-state index in [1.54, 1.807) is 24.3 Å². The Kier molecular flexibility index (Phi) is 4.16. The molecule has 110 valence electrons. The Labute approximate surface area is 119 Å². The fraction of sp³-hybridized carbons (Fsp3) is 0.133. The predicted molar refractivity (Wildman–Crippen MR) is 72.6 cm³/mol. The molecule has 1 amide bonds. The smallest absolute Gasteiger partial charge is 0.472 e. The number of benzene rings is 2. The average Bonchev–Trinajstić information content (AvgIpc) is 2.48. The van der Waals surface area contributed by atoms with Crippen LogP contribution in [0.25, 0.3) is 0 Å². The summed E-state index contributed by atoms with van der Waals surface area (Å²) in [6.45, 7) is 0. The summed E-state index contributed by atoms with van der Waals surface area (Å²) in [5.74, 6) is -1.59. The summed E-state index contributed by atoms with van der Waals surface area (Å²) in [5, 5.41) is 0. The minimum Gasteiger partial charge on any atom is -0.497 e. The molecule has 21 heavy (non-hydrogen) atoms. The molecule has 0 aliphatic rings. The summed E-state index contributed by atoms with van der Waals surface area (Å²) < 4.78 is 43.5. The third kappa shape index (κ3) is 3.34. The summed E-state index contributed by atoms with van der Waals surface area (Å²) in [5.41, 5.74) is 0.218. The topological polar surface area (TPSA) is 29.5 Å². The molecule has 6 heteroatoms. The van der Waals surface area contributed by atoms with Crippen molar-refractivity contribution in [3.8, 4) is 5.75 Å². The molecule has 3 nitrogen and oxygen atoms in total. The SMILES string of the molecule is COc1cccc(N(C(=O)C(F)(F)F)c2ccccc2)c1. The van der Waals surface area contributed by atoms with Crippen molar-refractivity contribution in [2.24, 2.45) is 0 Å². The van der Waals surface area contributed by atoms with Gasteiger partial charge in [0, 0.05) is 11.8 Å². The lowest BCUT2D eigenvalue weighted by Gasteiger charge is -2.24. The van der Waals surface area contributed by atoms with Crippen molar-refractivity contribution >= 4 is 17.3 Å². The molecule has 0 aliphatic carbocycles. The molecule has 0 aromatic heterocycles. The zero-order chi connectivity index (χ0) is 15.5. The van der Waals surface area contributed by atoms with Crippen molar-refractivity contribution in [2.75, 3.05) is 12.0 Å². The van der Waals surface area contributed by atoms with Gasteiger partial charge in [-0.2, -0.15) is 13.2 Å². The fourth-order valence-electron chi connectivity index (χ4n) is 1.84. The predicted octanol–water partition coefficient (Wildman–Crippen LogP) is 3.92. The second-order valence-corrected chi connectivity index (χ2v) is 4.18. The van der Waals surface area contributed by atoms with Crippen LogP contribution in [0.5, 0.6) is 5.75 Å². The van der Waals surface area contributed by atoms with E-state index in [4.69, 9.17) is 4.74 Å². The van der Waals surface area contributed by atoms with Gasteiger partial charge in [-0.25, -0.2) is 0 Å². The zero-order valence-corrected chi connectivity index (χ0v) is 11.1. The number of carbonyl (C=O) groups is 1. The first-order chi connectivity index (χ1) is 9.93. The molecule has 2 rings (SSSR count). The minimum absolute atomic E-state index is 0.0860. The van der Waals surface area contributed by atoms with Crippen molar-refractivity contribution in [2.45, 2.75) is 6.18 Å². The Balaban J connectivity index is 2.53. The Morgan fingerprint density at radius 1 is 1.00 bits per heavy atom. The summed E-state index contributed by atoms with van der Waals surface area (Å²) in [7, 11) is 1.40. The van der Waals surface area contributed by atoms with Gasteiger partial charge in [-0.1, -0.05) is 24.3 Å². The zero-order valence-electron chi connectivity index (χ0n) is 11.1. The molecule has 0 spiro atoms. The van der Waals surface area contributed by atoms with Gasteiger partial charge in [0.1, 0.15) is 5.75 Å². The van der Waals surface area contributed by atoms with Gasteiger partial charge >= 0.3 is 12.1 Å². The van der Waals surface area contributed by atoms with Crippen LogP contribution in [0.4, 0.5) is 24.5 Å². The Morgan fingerprint density at radius 2 is 1.62 bits per heavy atom. The van der Waals surface area contributed by atoms with Crippen molar-refractivity contribution < 1.29 is 22.7 Å². The van der Waals surface area contributed by atoms with Crippen LogP contribution in [0.2, 0.25) is 0 Å². The quantitative estimate of drug-likeness (QED) is 0.859. The van der Waals surface area contributed by atoms with Crippen LogP contribution >= 0.6 is 0 Å². The molecular weight excluding hydrogens is 283 g/mol. The van der Waals surface area contributed by atoms with Crippen LogP contribution in [0.15, 0.2) is 54.6 Å². The van der Waals surface area contributed by atoms with E-state index >= 15 is 0 Å². The number of anilines is 2. The van der Waals surface area contributed by atoms with Crippen molar-refractivity contribution in [3.05, 3.63) is 54.6 Å². The van der Waals surface area contributed by atoms with Gasteiger partial charge in [-0.05, 0) is 24.3 Å². The number of hydrogen-bond donors (Lipinski definition) is 0. The van der Waals surface area contributed by atoms with E-state index in [0.717, 1.165) is 0 Å². The summed E-state index contributed by atoms with van der Waals surface area (Å²) >= 11 is 0. The van der Waals surface area contributed by atoms with Gasteiger partial charge in [0.15, 0.2) is 0 Å². The molecule has 0 saturated carbocycles. The molecule has 0 saturated heterocycles. The number of ether oxygens (including phenoxy) is 1. The molecular formula is C15H12F3NO2. The first-order valence-electron chi connectivity index (χ1n) is 6.04. The highest BCUT2D eigenvalue weighted by molar-refractivity contribution is 6.03. The molecule has 2 aromatic rings. The number of alkyl halides is 3.